The van der Waals surface area contributed by atoms with Gasteiger partial charge >= 0.3 is 16.4 Å². The van der Waals surface area contributed by atoms with Gasteiger partial charge in [0.15, 0.2) is 0 Å². The number of halogens is 1. The van der Waals surface area contributed by atoms with Crippen LogP contribution in [-0.4, -0.2) is 31.0 Å². The molecule has 1 atom stereocenters. The molecule has 1 heterocycles. The van der Waals surface area contributed by atoms with Gasteiger partial charge in [0.1, 0.15) is 17.5 Å². The Morgan fingerprint density at radius 3 is 2.67 bits per heavy atom. The minimum absolute atomic E-state index is 0.273. The van der Waals surface area contributed by atoms with Crippen LogP contribution in [0.25, 0.3) is 0 Å². The Kier molecular flexibility index (Phi) is 3.94. The molecular weight excluding hydrogens is 301 g/mol. The van der Waals surface area contributed by atoms with Crippen molar-refractivity contribution < 1.29 is 26.5 Å². The third-order valence-corrected chi connectivity index (χ3v) is 4.03. The van der Waals surface area contributed by atoms with E-state index in [4.69, 9.17) is 4.74 Å². The summed E-state index contributed by atoms with van der Waals surface area (Å²) in [6.45, 7) is 4.58. The number of benzene rings is 1. The molecule has 1 aliphatic heterocycles. The first-order valence-electron chi connectivity index (χ1n) is 6.27. The van der Waals surface area contributed by atoms with Crippen molar-refractivity contribution in [3.63, 3.8) is 0 Å². The van der Waals surface area contributed by atoms with Crippen LogP contribution in [0.15, 0.2) is 24.3 Å². The van der Waals surface area contributed by atoms with Crippen molar-refractivity contribution in [1.82, 2.24) is 4.31 Å². The average molecular weight is 317 g/mol. The molecular formula is C13H16FNO5S. The van der Waals surface area contributed by atoms with Gasteiger partial charge in [-0.15, -0.1) is 0 Å². The van der Waals surface area contributed by atoms with Gasteiger partial charge in [0.05, 0.1) is 6.61 Å². The van der Waals surface area contributed by atoms with E-state index in [2.05, 4.69) is 4.18 Å². The van der Waals surface area contributed by atoms with E-state index in [1.807, 2.05) is 0 Å². The van der Waals surface area contributed by atoms with Gasteiger partial charge in [-0.25, -0.2) is 9.18 Å². The summed E-state index contributed by atoms with van der Waals surface area (Å²) in [6, 6.07) is 4.40. The number of carbonyl (C=O) groups excluding carboxylic acids is 1. The quantitative estimate of drug-likeness (QED) is 0.795. The van der Waals surface area contributed by atoms with Crippen molar-refractivity contribution in [2.24, 2.45) is 0 Å². The molecule has 6 nitrogen and oxygen atoms in total. The Morgan fingerprint density at radius 2 is 2.10 bits per heavy atom. The fraction of sp³-hybridized carbons (Fsp3) is 0.462. The Morgan fingerprint density at radius 1 is 1.43 bits per heavy atom. The Bertz CT molecular complexity index is 653. The van der Waals surface area contributed by atoms with Gasteiger partial charge < -0.3 is 4.74 Å². The highest BCUT2D eigenvalue weighted by Crippen LogP contribution is 2.33. The largest absolute Gasteiger partial charge is 0.443 e. The molecule has 0 radical (unpaired) electrons. The van der Waals surface area contributed by atoms with Crippen molar-refractivity contribution in [1.29, 1.82) is 0 Å². The number of hydrogen-bond acceptors (Lipinski definition) is 5. The summed E-state index contributed by atoms with van der Waals surface area (Å²) in [5.74, 6) is -0.527. The van der Waals surface area contributed by atoms with E-state index < -0.39 is 33.9 Å². The van der Waals surface area contributed by atoms with Crippen LogP contribution in [0.1, 0.15) is 32.4 Å². The van der Waals surface area contributed by atoms with E-state index in [1.165, 1.54) is 18.2 Å². The van der Waals surface area contributed by atoms with Gasteiger partial charge in [0.2, 0.25) is 0 Å². The van der Waals surface area contributed by atoms with E-state index >= 15 is 0 Å². The van der Waals surface area contributed by atoms with Gasteiger partial charge in [-0.05, 0) is 38.5 Å². The maximum absolute atomic E-state index is 13.3. The van der Waals surface area contributed by atoms with Crippen molar-refractivity contribution in [3.8, 4) is 0 Å². The minimum Gasteiger partial charge on any atom is -0.443 e. The van der Waals surface area contributed by atoms with E-state index in [-0.39, 0.29) is 6.61 Å². The van der Waals surface area contributed by atoms with Crippen LogP contribution in [0, 0.1) is 5.82 Å². The number of amides is 1. The van der Waals surface area contributed by atoms with Crippen LogP contribution in [-0.2, 0) is 19.2 Å². The lowest BCUT2D eigenvalue weighted by Crippen LogP contribution is -2.39. The molecule has 116 valence electrons. The summed E-state index contributed by atoms with van der Waals surface area (Å²) in [7, 11) is -4.23. The molecule has 0 saturated carbocycles. The van der Waals surface area contributed by atoms with Gasteiger partial charge in [0.25, 0.3) is 0 Å². The zero-order valence-electron chi connectivity index (χ0n) is 11.9. The monoisotopic (exact) mass is 317 g/mol. The van der Waals surface area contributed by atoms with Crippen molar-refractivity contribution in [2.45, 2.75) is 32.4 Å². The second-order valence-electron chi connectivity index (χ2n) is 5.59. The molecule has 1 aromatic carbocycles. The maximum Gasteiger partial charge on any atom is 0.426 e. The van der Waals surface area contributed by atoms with Crippen molar-refractivity contribution in [2.75, 3.05) is 6.61 Å². The molecule has 1 aliphatic rings. The first-order valence-corrected chi connectivity index (χ1v) is 7.64. The van der Waals surface area contributed by atoms with Crippen LogP contribution < -0.4 is 0 Å². The summed E-state index contributed by atoms with van der Waals surface area (Å²) in [5.41, 5.74) is -0.538. The molecule has 2 rings (SSSR count). The Labute approximate surface area is 122 Å². The lowest BCUT2D eigenvalue weighted by Gasteiger charge is -2.26. The third kappa shape index (κ3) is 3.51. The predicted octanol–water partition coefficient (Wildman–Crippen LogP) is 2.38. The molecule has 21 heavy (non-hydrogen) atoms. The highest BCUT2D eigenvalue weighted by molar-refractivity contribution is 7.85. The smallest absolute Gasteiger partial charge is 0.426 e. The molecule has 0 aromatic heterocycles. The molecule has 8 heteroatoms. The summed E-state index contributed by atoms with van der Waals surface area (Å²) in [6.07, 6.45) is -1.05. The molecule has 0 bridgehead atoms. The highest BCUT2D eigenvalue weighted by atomic mass is 32.2. The molecule has 0 spiro atoms. The normalized spacial score (nSPS) is 21.3. The summed E-state index contributed by atoms with van der Waals surface area (Å²) >= 11 is 0. The fourth-order valence-electron chi connectivity index (χ4n) is 1.90. The van der Waals surface area contributed by atoms with Gasteiger partial charge in [-0.3, -0.25) is 4.18 Å². The summed E-state index contributed by atoms with van der Waals surface area (Å²) in [4.78, 5) is 12.1. The number of ether oxygens (including phenoxy) is 1. The standard InChI is InChI=1S/C13H16FNO5S/c1-13(2,3)20-12(16)15-11(8-19-21(15,17)18)9-5-4-6-10(14)7-9/h4-7,11H,8H2,1-3H3. The van der Waals surface area contributed by atoms with Crippen LogP contribution >= 0.6 is 0 Å². The molecule has 0 aliphatic carbocycles. The summed E-state index contributed by atoms with van der Waals surface area (Å²) < 4.78 is 47.3. The van der Waals surface area contributed by atoms with E-state index in [0.29, 0.717) is 9.87 Å². The van der Waals surface area contributed by atoms with Crippen LogP contribution in [0.2, 0.25) is 0 Å². The Hall–Kier alpha value is -1.67. The van der Waals surface area contributed by atoms with Crippen molar-refractivity contribution in [3.05, 3.63) is 35.6 Å². The van der Waals surface area contributed by atoms with Crippen LogP contribution in [0.4, 0.5) is 9.18 Å². The SMILES string of the molecule is CC(C)(C)OC(=O)N1C(c2cccc(F)c2)COS1(=O)=O. The predicted molar refractivity (Wildman–Crippen MR) is 72.1 cm³/mol. The molecule has 1 unspecified atom stereocenters. The van der Waals surface area contributed by atoms with E-state index in [0.717, 1.165) is 6.07 Å². The molecule has 1 fully saturated rings. The second kappa shape index (κ2) is 5.27. The fourth-order valence-corrected chi connectivity index (χ4v) is 3.03. The topological polar surface area (TPSA) is 72.9 Å². The third-order valence-electron chi connectivity index (χ3n) is 2.71. The van der Waals surface area contributed by atoms with Crippen molar-refractivity contribution >= 4 is 16.4 Å². The minimum atomic E-state index is -4.23. The van der Waals surface area contributed by atoms with Crippen LogP contribution in [0.5, 0.6) is 0 Å². The maximum atomic E-state index is 13.3. The second-order valence-corrected chi connectivity index (χ2v) is 7.07. The van der Waals surface area contributed by atoms with Gasteiger partial charge in [-0.2, -0.15) is 12.7 Å². The first kappa shape index (κ1) is 15.7. The lowest BCUT2D eigenvalue weighted by molar-refractivity contribution is 0.0356. The van der Waals surface area contributed by atoms with Gasteiger partial charge in [-0.1, -0.05) is 12.1 Å². The Balaban J connectivity index is 2.36. The average Bonchev–Trinajstić information content (AvgIpc) is 2.62. The number of rotatable bonds is 1. The number of carbonyl (C=O) groups is 1. The van der Waals surface area contributed by atoms with E-state index in [9.17, 15) is 17.6 Å². The zero-order chi connectivity index (χ0) is 15.8. The number of nitrogens with zero attached hydrogens (tertiary/aromatic N) is 1. The molecule has 1 amide bonds. The molecule has 0 N–H and O–H groups in total. The van der Waals surface area contributed by atoms with E-state index in [1.54, 1.807) is 20.8 Å². The first-order chi connectivity index (χ1) is 9.60. The number of hydrogen-bond donors (Lipinski definition) is 0. The highest BCUT2D eigenvalue weighted by Gasteiger charge is 2.45. The summed E-state index contributed by atoms with van der Waals surface area (Å²) in [5, 5.41) is 0. The van der Waals surface area contributed by atoms with Crippen LogP contribution in [0.3, 0.4) is 0 Å². The zero-order valence-corrected chi connectivity index (χ0v) is 12.7. The molecule has 1 saturated heterocycles. The van der Waals surface area contributed by atoms with Gasteiger partial charge in [0, 0.05) is 0 Å². The lowest BCUT2D eigenvalue weighted by atomic mass is 10.1. The molecule has 1 aromatic rings.